The van der Waals surface area contributed by atoms with Crippen LogP contribution in [-0.4, -0.2) is 17.3 Å². The summed E-state index contributed by atoms with van der Waals surface area (Å²) in [5.41, 5.74) is -0.126. The zero-order valence-corrected chi connectivity index (χ0v) is 14.1. The molecule has 1 aliphatic rings. The molecule has 0 saturated heterocycles. The number of hydrogen-bond acceptors (Lipinski definition) is 1. The Labute approximate surface area is 130 Å². The molecule has 0 aromatic carbocycles. The van der Waals surface area contributed by atoms with Crippen LogP contribution in [-0.2, 0) is 4.79 Å². The SMILES string of the molecule is CCCCCCCCC(=O)NC1(CCl)CCCC(C)C1. The van der Waals surface area contributed by atoms with Gasteiger partial charge in [0.15, 0.2) is 0 Å². The van der Waals surface area contributed by atoms with E-state index in [0.29, 0.717) is 18.2 Å². The maximum Gasteiger partial charge on any atom is 0.220 e. The molecule has 0 bridgehead atoms. The second kappa shape index (κ2) is 9.65. The molecule has 1 saturated carbocycles. The molecule has 0 aromatic heterocycles. The van der Waals surface area contributed by atoms with Crippen LogP contribution in [0.3, 0.4) is 0 Å². The molecule has 0 spiro atoms. The fraction of sp³-hybridized carbons (Fsp3) is 0.941. The van der Waals surface area contributed by atoms with Gasteiger partial charge in [0.1, 0.15) is 0 Å². The molecule has 2 unspecified atom stereocenters. The summed E-state index contributed by atoms with van der Waals surface area (Å²) >= 11 is 6.15. The van der Waals surface area contributed by atoms with Crippen molar-refractivity contribution in [2.24, 2.45) is 5.92 Å². The van der Waals surface area contributed by atoms with E-state index in [-0.39, 0.29) is 11.4 Å². The first-order valence-corrected chi connectivity index (χ1v) is 9.02. The quantitative estimate of drug-likeness (QED) is 0.469. The molecule has 1 amide bonds. The van der Waals surface area contributed by atoms with Crippen LogP contribution < -0.4 is 5.32 Å². The van der Waals surface area contributed by atoms with Gasteiger partial charge in [-0.3, -0.25) is 4.79 Å². The van der Waals surface area contributed by atoms with Crippen LogP contribution in [0.25, 0.3) is 0 Å². The van der Waals surface area contributed by atoms with Gasteiger partial charge in [-0.1, -0.05) is 58.8 Å². The lowest BCUT2D eigenvalue weighted by atomic mass is 9.77. The Hall–Kier alpha value is -0.240. The van der Waals surface area contributed by atoms with Gasteiger partial charge >= 0.3 is 0 Å². The highest BCUT2D eigenvalue weighted by Crippen LogP contribution is 2.33. The summed E-state index contributed by atoms with van der Waals surface area (Å²) in [6.07, 6.45) is 12.6. The standard InChI is InChI=1S/C17H32ClNO/c1-3-4-5-6-7-8-11-16(20)19-17(14-18)12-9-10-15(2)13-17/h15H,3-14H2,1-2H3,(H,19,20). The normalized spacial score (nSPS) is 26.4. The van der Waals surface area contributed by atoms with Gasteiger partial charge in [-0.05, 0) is 25.2 Å². The molecule has 20 heavy (non-hydrogen) atoms. The van der Waals surface area contributed by atoms with Crippen molar-refractivity contribution >= 4 is 17.5 Å². The minimum atomic E-state index is -0.126. The molecule has 1 fully saturated rings. The maximum absolute atomic E-state index is 12.1. The number of nitrogens with one attached hydrogen (secondary N) is 1. The highest BCUT2D eigenvalue weighted by molar-refractivity contribution is 6.18. The summed E-state index contributed by atoms with van der Waals surface area (Å²) in [7, 11) is 0. The molecule has 3 heteroatoms. The van der Waals surface area contributed by atoms with Gasteiger partial charge in [-0.15, -0.1) is 11.6 Å². The first-order chi connectivity index (χ1) is 9.62. The number of halogens is 1. The predicted molar refractivity (Wildman–Crippen MR) is 87.2 cm³/mol. The van der Waals surface area contributed by atoms with Crippen molar-refractivity contribution in [1.29, 1.82) is 0 Å². The molecule has 0 radical (unpaired) electrons. The molecule has 2 atom stereocenters. The Bertz CT molecular complexity index is 282. The predicted octanol–water partition coefficient (Wildman–Crippen LogP) is 5.04. The lowest BCUT2D eigenvalue weighted by molar-refractivity contribution is -0.123. The van der Waals surface area contributed by atoms with Gasteiger partial charge in [0.25, 0.3) is 0 Å². The highest BCUT2D eigenvalue weighted by Gasteiger charge is 2.35. The molecule has 0 aromatic rings. The van der Waals surface area contributed by atoms with E-state index < -0.39 is 0 Å². The third kappa shape index (κ3) is 6.47. The third-order valence-corrected chi connectivity index (χ3v) is 5.02. The summed E-state index contributed by atoms with van der Waals surface area (Å²) in [5.74, 6) is 1.44. The minimum absolute atomic E-state index is 0.126. The number of rotatable bonds is 9. The summed E-state index contributed by atoms with van der Waals surface area (Å²) < 4.78 is 0. The van der Waals surface area contributed by atoms with E-state index in [2.05, 4.69) is 19.2 Å². The van der Waals surface area contributed by atoms with E-state index in [1.807, 2.05) is 0 Å². The number of hydrogen-bond donors (Lipinski definition) is 1. The summed E-state index contributed by atoms with van der Waals surface area (Å²) in [6, 6.07) is 0. The zero-order valence-electron chi connectivity index (χ0n) is 13.3. The Morgan fingerprint density at radius 2 is 1.95 bits per heavy atom. The Morgan fingerprint density at radius 3 is 2.60 bits per heavy atom. The topological polar surface area (TPSA) is 29.1 Å². The van der Waals surface area contributed by atoms with E-state index >= 15 is 0 Å². The lowest BCUT2D eigenvalue weighted by Gasteiger charge is -2.39. The second-order valence-electron chi connectivity index (χ2n) is 6.68. The van der Waals surface area contributed by atoms with Crippen molar-refractivity contribution in [3.63, 3.8) is 0 Å². The highest BCUT2D eigenvalue weighted by atomic mass is 35.5. The second-order valence-corrected chi connectivity index (χ2v) is 6.95. The Kier molecular flexibility index (Phi) is 8.60. The maximum atomic E-state index is 12.1. The molecular formula is C17H32ClNO. The number of amides is 1. The van der Waals surface area contributed by atoms with E-state index in [9.17, 15) is 4.79 Å². The monoisotopic (exact) mass is 301 g/mol. The summed E-state index contributed by atoms with van der Waals surface area (Å²) in [5, 5.41) is 3.24. The van der Waals surface area contributed by atoms with Crippen molar-refractivity contribution in [1.82, 2.24) is 5.32 Å². The number of carbonyl (C=O) groups is 1. The molecule has 118 valence electrons. The molecule has 1 aliphatic carbocycles. The van der Waals surface area contributed by atoms with Gasteiger partial charge in [-0.25, -0.2) is 0 Å². The molecular weight excluding hydrogens is 270 g/mol. The van der Waals surface area contributed by atoms with Crippen LogP contribution in [0.4, 0.5) is 0 Å². The van der Waals surface area contributed by atoms with Crippen LogP contribution in [0.15, 0.2) is 0 Å². The van der Waals surface area contributed by atoms with Crippen LogP contribution >= 0.6 is 11.6 Å². The Balaban J connectivity index is 2.22. The fourth-order valence-electron chi connectivity index (χ4n) is 3.35. The van der Waals surface area contributed by atoms with Gasteiger partial charge < -0.3 is 5.32 Å². The average molecular weight is 302 g/mol. The Morgan fingerprint density at radius 1 is 1.25 bits per heavy atom. The van der Waals surface area contributed by atoms with E-state index in [1.165, 1.54) is 44.9 Å². The first-order valence-electron chi connectivity index (χ1n) is 8.49. The number of carbonyl (C=O) groups excluding carboxylic acids is 1. The van der Waals surface area contributed by atoms with E-state index in [1.54, 1.807) is 0 Å². The molecule has 1 rings (SSSR count). The summed E-state index contributed by atoms with van der Waals surface area (Å²) in [4.78, 5) is 12.1. The molecule has 0 aliphatic heterocycles. The number of alkyl halides is 1. The van der Waals surface area contributed by atoms with Crippen molar-refractivity contribution in [3.05, 3.63) is 0 Å². The summed E-state index contributed by atoms with van der Waals surface area (Å²) in [6.45, 7) is 4.49. The van der Waals surface area contributed by atoms with Gasteiger partial charge in [0.2, 0.25) is 5.91 Å². The smallest absolute Gasteiger partial charge is 0.220 e. The van der Waals surface area contributed by atoms with Crippen molar-refractivity contribution in [2.45, 2.75) is 90.0 Å². The zero-order chi connectivity index (χ0) is 14.8. The largest absolute Gasteiger partial charge is 0.349 e. The van der Waals surface area contributed by atoms with Crippen molar-refractivity contribution in [2.75, 3.05) is 5.88 Å². The third-order valence-electron chi connectivity index (χ3n) is 4.51. The number of unbranched alkanes of at least 4 members (excludes halogenated alkanes) is 5. The molecule has 2 nitrogen and oxygen atoms in total. The van der Waals surface area contributed by atoms with Crippen molar-refractivity contribution in [3.8, 4) is 0 Å². The van der Waals surface area contributed by atoms with Gasteiger partial charge in [-0.2, -0.15) is 0 Å². The van der Waals surface area contributed by atoms with E-state index in [4.69, 9.17) is 11.6 Å². The first kappa shape index (κ1) is 17.8. The van der Waals surface area contributed by atoms with Crippen LogP contribution in [0.2, 0.25) is 0 Å². The van der Waals surface area contributed by atoms with Gasteiger partial charge in [0.05, 0.1) is 5.54 Å². The van der Waals surface area contributed by atoms with Gasteiger partial charge in [0, 0.05) is 12.3 Å². The van der Waals surface area contributed by atoms with E-state index in [0.717, 1.165) is 19.3 Å². The average Bonchev–Trinajstić information content (AvgIpc) is 2.42. The minimum Gasteiger partial charge on any atom is -0.349 e. The molecule has 1 N–H and O–H groups in total. The van der Waals surface area contributed by atoms with Crippen LogP contribution in [0, 0.1) is 5.92 Å². The molecule has 0 heterocycles. The van der Waals surface area contributed by atoms with Crippen LogP contribution in [0.1, 0.15) is 84.5 Å². The lowest BCUT2D eigenvalue weighted by Crippen LogP contribution is -2.52. The van der Waals surface area contributed by atoms with Crippen LogP contribution in [0.5, 0.6) is 0 Å². The fourth-order valence-corrected chi connectivity index (χ4v) is 3.66. The van der Waals surface area contributed by atoms with Crippen molar-refractivity contribution < 1.29 is 4.79 Å².